The monoisotopic (exact) mass is 226 g/mol. The molecule has 2 aliphatic rings. The van der Waals surface area contributed by atoms with Crippen molar-refractivity contribution in [3.8, 4) is 0 Å². The second-order valence-corrected chi connectivity index (χ2v) is 5.07. The summed E-state index contributed by atoms with van der Waals surface area (Å²) in [4.78, 5) is 2.61. The average molecular weight is 226 g/mol. The van der Waals surface area contributed by atoms with E-state index in [-0.39, 0.29) is 0 Å². The van der Waals surface area contributed by atoms with Gasteiger partial charge in [-0.1, -0.05) is 6.92 Å². The molecule has 94 valence electrons. The molecule has 0 saturated carbocycles. The van der Waals surface area contributed by atoms with Crippen LogP contribution in [0.4, 0.5) is 0 Å². The Labute approximate surface area is 99.5 Å². The third-order valence-corrected chi connectivity index (χ3v) is 4.00. The summed E-state index contributed by atoms with van der Waals surface area (Å²) in [6.45, 7) is 7.87. The summed E-state index contributed by atoms with van der Waals surface area (Å²) < 4.78 is 5.49. The van der Waals surface area contributed by atoms with E-state index in [9.17, 15) is 0 Å². The molecule has 2 unspecified atom stereocenters. The number of hydrogen-bond donors (Lipinski definition) is 1. The lowest BCUT2D eigenvalue weighted by atomic mass is 10.1. The summed E-state index contributed by atoms with van der Waals surface area (Å²) in [6.07, 6.45) is 6.47. The van der Waals surface area contributed by atoms with Gasteiger partial charge in [0.25, 0.3) is 0 Å². The van der Waals surface area contributed by atoms with Gasteiger partial charge in [-0.25, -0.2) is 0 Å². The van der Waals surface area contributed by atoms with Crippen molar-refractivity contribution in [3.05, 3.63) is 0 Å². The second-order valence-electron chi connectivity index (χ2n) is 5.07. The molecule has 0 aromatic heterocycles. The van der Waals surface area contributed by atoms with Gasteiger partial charge in [-0.3, -0.25) is 4.90 Å². The zero-order valence-corrected chi connectivity index (χ0v) is 10.6. The molecular formula is C13H26N2O. The number of nitrogens with one attached hydrogen (secondary N) is 1. The highest BCUT2D eigenvalue weighted by Crippen LogP contribution is 2.16. The topological polar surface area (TPSA) is 24.5 Å². The quantitative estimate of drug-likeness (QED) is 0.788. The molecule has 2 rings (SSSR count). The van der Waals surface area contributed by atoms with Crippen LogP contribution in [0.3, 0.4) is 0 Å². The molecule has 3 nitrogen and oxygen atoms in total. The summed E-state index contributed by atoms with van der Waals surface area (Å²) in [5.41, 5.74) is 0. The van der Waals surface area contributed by atoms with E-state index in [1.807, 2.05) is 0 Å². The van der Waals surface area contributed by atoms with Crippen molar-refractivity contribution in [2.75, 3.05) is 32.8 Å². The first-order valence-corrected chi connectivity index (χ1v) is 6.95. The van der Waals surface area contributed by atoms with Crippen LogP contribution in [0.5, 0.6) is 0 Å². The van der Waals surface area contributed by atoms with Crippen LogP contribution >= 0.6 is 0 Å². The van der Waals surface area contributed by atoms with Crippen molar-refractivity contribution in [3.63, 3.8) is 0 Å². The van der Waals surface area contributed by atoms with E-state index < -0.39 is 0 Å². The highest BCUT2D eigenvalue weighted by Gasteiger charge is 2.23. The molecule has 0 bridgehead atoms. The number of likely N-dealkylation sites (tertiary alicyclic amines) is 1. The zero-order chi connectivity index (χ0) is 11.2. The first-order valence-electron chi connectivity index (χ1n) is 6.95. The maximum atomic E-state index is 5.49. The van der Waals surface area contributed by atoms with Gasteiger partial charge in [-0.2, -0.15) is 0 Å². The molecule has 0 aromatic carbocycles. The molecule has 2 saturated heterocycles. The molecule has 16 heavy (non-hydrogen) atoms. The van der Waals surface area contributed by atoms with Crippen LogP contribution in [0.15, 0.2) is 0 Å². The Kier molecular flexibility index (Phi) is 5.07. The first-order chi connectivity index (χ1) is 7.90. The molecule has 2 aliphatic heterocycles. The van der Waals surface area contributed by atoms with E-state index in [0.717, 1.165) is 19.3 Å². The van der Waals surface area contributed by atoms with Crippen LogP contribution in [0.1, 0.15) is 39.0 Å². The predicted molar refractivity (Wildman–Crippen MR) is 66.7 cm³/mol. The number of hydrogen-bond acceptors (Lipinski definition) is 3. The molecule has 2 heterocycles. The van der Waals surface area contributed by atoms with Gasteiger partial charge in [-0.05, 0) is 45.2 Å². The van der Waals surface area contributed by atoms with Crippen molar-refractivity contribution in [1.29, 1.82) is 0 Å². The van der Waals surface area contributed by atoms with Crippen molar-refractivity contribution in [2.45, 2.75) is 51.1 Å². The lowest BCUT2D eigenvalue weighted by Gasteiger charge is -2.25. The number of likely N-dealkylation sites (N-methyl/N-ethyl adjacent to an activating group) is 1. The summed E-state index contributed by atoms with van der Waals surface area (Å²) in [5, 5.41) is 3.75. The fraction of sp³-hybridized carbons (Fsp3) is 1.00. The molecule has 3 heteroatoms. The first kappa shape index (κ1) is 12.3. The zero-order valence-electron chi connectivity index (χ0n) is 10.6. The smallest absolute Gasteiger partial charge is 0.0480 e. The maximum Gasteiger partial charge on any atom is 0.0480 e. The molecule has 0 aromatic rings. The maximum absolute atomic E-state index is 5.49. The SMILES string of the molecule is CCN1CCCC1CNC1CCCOCC1. The number of rotatable bonds is 4. The highest BCUT2D eigenvalue weighted by molar-refractivity contribution is 4.82. The van der Waals surface area contributed by atoms with Crippen molar-refractivity contribution >= 4 is 0 Å². The van der Waals surface area contributed by atoms with E-state index >= 15 is 0 Å². The Morgan fingerprint density at radius 2 is 2.12 bits per heavy atom. The second kappa shape index (κ2) is 6.58. The molecule has 0 aliphatic carbocycles. The predicted octanol–water partition coefficient (Wildman–Crippen LogP) is 1.63. The Morgan fingerprint density at radius 3 is 3.00 bits per heavy atom. The summed E-state index contributed by atoms with van der Waals surface area (Å²) >= 11 is 0. The largest absolute Gasteiger partial charge is 0.381 e. The van der Waals surface area contributed by atoms with E-state index in [2.05, 4.69) is 17.1 Å². The minimum Gasteiger partial charge on any atom is -0.381 e. The summed E-state index contributed by atoms with van der Waals surface area (Å²) in [5.74, 6) is 0. The fourth-order valence-corrected chi connectivity index (χ4v) is 2.95. The molecule has 0 spiro atoms. The van der Waals surface area contributed by atoms with E-state index in [4.69, 9.17) is 4.74 Å². The Balaban J connectivity index is 1.69. The van der Waals surface area contributed by atoms with Gasteiger partial charge >= 0.3 is 0 Å². The van der Waals surface area contributed by atoms with Crippen LogP contribution in [0.2, 0.25) is 0 Å². The lowest BCUT2D eigenvalue weighted by molar-refractivity contribution is 0.142. The van der Waals surface area contributed by atoms with Gasteiger partial charge in [0.05, 0.1) is 0 Å². The summed E-state index contributed by atoms with van der Waals surface area (Å²) in [7, 11) is 0. The lowest BCUT2D eigenvalue weighted by Crippen LogP contribution is -2.41. The van der Waals surface area contributed by atoms with Gasteiger partial charge in [0.15, 0.2) is 0 Å². The number of ether oxygens (including phenoxy) is 1. The third-order valence-electron chi connectivity index (χ3n) is 4.00. The van der Waals surface area contributed by atoms with Crippen molar-refractivity contribution in [2.24, 2.45) is 0 Å². The van der Waals surface area contributed by atoms with Crippen molar-refractivity contribution in [1.82, 2.24) is 10.2 Å². The van der Waals surface area contributed by atoms with Crippen LogP contribution in [0, 0.1) is 0 Å². The minimum absolute atomic E-state index is 0.696. The molecule has 1 N–H and O–H groups in total. The average Bonchev–Trinajstić information content (AvgIpc) is 2.60. The van der Waals surface area contributed by atoms with Gasteiger partial charge in [-0.15, -0.1) is 0 Å². The Morgan fingerprint density at radius 1 is 1.19 bits per heavy atom. The minimum atomic E-state index is 0.696. The van der Waals surface area contributed by atoms with E-state index in [1.165, 1.54) is 51.7 Å². The van der Waals surface area contributed by atoms with E-state index in [0.29, 0.717) is 6.04 Å². The summed E-state index contributed by atoms with van der Waals surface area (Å²) in [6, 6.07) is 1.48. The van der Waals surface area contributed by atoms with Crippen molar-refractivity contribution < 1.29 is 4.74 Å². The van der Waals surface area contributed by atoms with Gasteiger partial charge in [0, 0.05) is 31.8 Å². The van der Waals surface area contributed by atoms with Gasteiger partial charge < -0.3 is 10.1 Å². The number of nitrogens with zero attached hydrogens (tertiary/aromatic N) is 1. The molecule has 0 amide bonds. The normalized spacial score (nSPS) is 32.8. The molecular weight excluding hydrogens is 200 g/mol. The van der Waals surface area contributed by atoms with Crippen LogP contribution in [0.25, 0.3) is 0 Å². The fourth-order valence-electron chi connectivity index (χ4n) is 2.95. The van der Waals surface area contributed by atoms with Gasteiger partial charge in [0.2, 0.25) is 0 Å². The molecule has 2 fully saturated rings. The van der Waals surface area contributed by atoms with E-state index in [1.54, 1.807) is 0 Å². The third kappa shape index (κ3) is 3.44. The van der Waals surface area contributed by atoms with Crippen LogP contribution < -0.4 is 5.32 Å². The van der Waals surface area contributed by atoms with Gasteiger partial charge in [0.1, 0.15) is 0 Å². The molecule has 0 radical (unpaired) electrons. The van der Waals surface area contributed by atoms with Crippen LogP contribution in [-0.4, -0.2) is 49.8 Å². The highest BCUT2D eigenvalue weighted by atomic mass is 16.5. The Bertz CT molecular complexity index is 190. The standard InChI is InChI=1S/C13H26N2O/c1-2-15-8-3-6-13(15)11-14-12-5-4-9-16-10-7-12/h12-14H,2-11H2,1H3. The molecule has 2 atom stereocenters. The van der Waals surface area contributed by atoms with Crippen LogP contribution in [-0.2, 0) is 4.74 Å². The Hall–Kier alpha value is -0.120.